The van der Waals surface area contributed by atoms with Crippen molar-refractivity contribution in [2.24, 2.45) is 0 Å². The van der Waals surface area contributed by atoms with E-state index in [4.69, 9.17) is 0 Å². The number of carbonyl (C=O) groups excluding carboxylic acids is 1. The Labute approximate surface area is 165 Å². The van der Waals surface area contributed by atoms with Gasteiger partial charge in [0.05, 0.1) is 15.1 Å². The minimum absolute atomic E-state index is 0.273. The van der Waals surface area contributed by atoms with Crippen LogP contribution in [0.4, 0.5) is 5.13 Å². The van der Waals surface area contributed by atoms with Gasteiger partial charge >= 0.3 is 0 Å². The molecular formula is C18H17N3O3S3. The summed E-state index contributed by atoms with van der Waals surface area (Å²) in [5, 5.41) is 7.07. The van der Waals surface area contributed by atoms with Gasteiger partial charge in [0, 0.05) is 19.2 Å². The van der Waals surface area contributed by atoms with Crippen LogP contribution in [0.5, 0.6) is 0 Å². The van der Waals surface area contributed by atoms with Crippen LogP contribution in [0.25, 0.3) is 16.3 Å². The summed E-state index contributed by atoms with van der Waals surface area (Å²) in [5.74, 6) is -0.273. The third-order valence-corrected chi connectivity index (χ3v) is 7.79. The van der Waals surface area contributed by atoms with E-state index in [0.717, 1.165) is 23.1 Å². The summed E-state index contributed by atoms with van der Waals surface area (Å²) in [4.78, 5) is 16.7. The van der Waals surface area contributed by atoms with Crippen LogP contribution in [0, 0.1) is 0 Å². The van der Waals surface area contributed by atoms with Crippen molar-refractivity contribution in [3.63, 3.8) is 0 Å². The van der Waals surface area contributed by atoms with E-state index in [0.29, 0.717) is 23.7 Å². The average molecular weight is 420 g/mol. The van der Waals surface area contributed by atoms with Crippen molar-refractivity contribution >= 4 is 60.0 Å². The standard InChI is InChI=1S/C18H17N3O3S3/c22-17(6-3-13-7-10-25-12-13)20-18-19-15-5-4-14(11-16(15)26-18)27(23,24)21-8-1-2-9-21/h3-7,10-12H,1-2,8-9H2,(H,19,20,22)/b6-3+. The number of thiazole rings is 1. The second-order valence-corrected chi connectivity index (χ2v) is 9.89. The van der Waals surface area contributed by atoms with Gasteiger partial charge in [-0.05, 0) is 59.5 Å². The molecule has 4 rings (SSSR count). The Morgan fingerprint density at radius 1 is 1.22 bits per heavy atom. The topological polar surface area (TPSA) is 79.4 Å². The van der Waals surface area contributed by atoms with Gasteiger partial charge in [-0.3, -0.25) is 10.1 Å². The lowest BCUT2D eigenvalue weighted by Gasteiger charge is -2.15. The monoisotopic (exact) mass is 419 g/mol. The molecule has 3 heterocycles. The van der Waals surface area contributed by atoms with Gasteiger partial charge in [-0.2, -0.15) is 15.6 Å². The third kappa shape index (κ3) is 3.96. The number of fused-ring (bicyclic) bond motifs is 1. The molecule has 0 saturated carbocycles. The zero-order valence-electron chi connectivity index (χ0n) is 14.3. The van der Waals surface area contributed by atoms with Crippen molar-refractivity contribution in [3.8, 4) is 0 Å². The van der Waals surface area contributed by atoms with Crippen LogP contribution in [-0.2, 0) is 14.8 Å². The highest BCUT2D eigenvalue weighted by atomic mass is 32.2. The zero-order valence-corrected chi connectivity index (χ0v) is 16.7. The molecule has 0 atom stereocenters. The summed E-state index contributed by atoms with van der Waals surface area (Å²) in [6.45, 7) is 1.14. The van der Waals surface area contributed by atoms with Crippen molar-refractivity contribution in [3.05, 3.63) is 46.7 Å². The highest BCUT2D eigenvalue weighted by Crippen LogP contribution is 2.30. The lowest BCUT2D eigenvalue weighted by molar-refractivity contribution is -0.111. The Bertz CT molecular complexity index is 1100. The van der Waals surface area contributed by atoms with Crippen molar-refractivity contribution in [2.75, 3.05) is 18.4 Å². The summed E-state index contributed by atoms with van der Waals surface area (Å²) in [5.41, 5.74) is 1.63. The van der Waals surface area contributed by atoms with Crippen LogP contribution in [0.3, 0.4) is 0 Å². The molecule has 1 aliphatic heterocycles. The molecule has 0 spiro atoms. The lowest BCUT2D eigenvalue weighted by Crippen LogP contribution is -2.27. The fourth-order valence-corrected chi connectivity index (χ4v) is 6.04. The number of thiophene rings is 1. The molecular weight excluding hydrogens is 402 g/mol. The summed E-state index contributed by atoms with van der Waals surface area (Å²) in [7, 11) is -3.46. The first kappa shape index (κ1) is 18.3. The van der Waals surface area contributed by atoms with Crippen LogP contribution in [0.15, 0.2) is 46.0 Å². The van der Waals surface area contributed by atoms with Gasteiger partial charge in [-0.15, -0.1) is 0 Å². The summed E-state index contributed by atoms with van der Waals surface area (Å²) >= 11 is 2.83. The number of carbonyl (C=O) groups is 1. The van der Waals surface area contributed by atoms with Gasteiger partial charge < -0.3 is 0 Å². The largest absolute Gasteiger partial charge is 0.298 e. The zero-order chi connectivity index (χ0) is 18.9. The minimum Gasteiger partial charge on any atom is -0.298 e. The van der Waals surface area contributed by atoms with Crippen LogP contribution < -0.4 is 5.32 Å². The number of aromatic nitrogens is 1. The predicted octanol–water partition coefficient (Wildman–Crippen LogP) is 3.79. The fraction of sp³-hybridized carbons (Fsp3) is 0.222. The minimum atomic E-state index is -3.46. The quantitative estimate of drug-likeness (QED) is 0.638. The molecule has 0 bridgehead atoms. The highest BCUT2D eigenvalue weighted by molar-refractivity contribution is 7.89. The molecule has 3 aromatic rings. The molecule has 2 aromatic heterocycles. The van der Waals surface area contributed by atoms with Gasteiger partial charge in [-0.1, -0.05) is 11.3 Å². The molecule has 1 amide bonds. The number of hydrogen-bond acceptors (Lipinski definition) is 6. The van der Waals surface area contributed by atoms with Crippen LogP contribution in [0.2, 0.25) is 0 Å². The summed E-state index contributed by atoms with van der Waals surface area (Å²) < 4.78 is 27.6. The Hall–Kier alpha value is -2.07. The van der Waals surface area contributed by atoms with Gasteiger partial charge in [0.25, 0.3) is 0 Å². The maximum absolute atomic E-state index is 12.7. The van der Waals surface area contributed by atoms with E-state index in [-0.39, 0.29) is 10.8 Å². The summed E-state index contributed by atoms with van der Waals surface area (Å²) in [6.07, 6.45) is 4.99. The number of benzene rings is 1. The van der Waals surface area contributed by atoms with Crippen molar-refractivity contribution in [1.82, 2.24) is 9.29 Å². The smallest absolute Gasteiger partial charge is 0.250 e. The SMILES string of the molecule is O=C(/C=C/c1ccsc1)Nc1nc2ccc(S(=O)(=O)N3CCCC3)cc2s1. The number of sulfonamides is 1. The Balaban J connectivity index is 1.53. The first-order chi connectivity index (χ1) is 13.0. The second kappa shape index (κ2) is 7.51. The van der Waals surface area contributed by atoms with Crippen molar-refractivity contribution < 1.29 is 13.2 Å². The van der Waals surface area contributed by atoms with Crippen LogP contribution >= 0.6 is 22.7 Å². The van der Waals surface area contributed by atoms with E-state index in [1.807, 2.05) is 16.8 Å². The normalized spacial score (nSPS) is 15.7. The molecule has 6 nitrogen and oxygen atoms in total. The average Bonchev–Trinajstić information content (AvgIpc) is 3.39. The Morgan fingerprint density at radius 2 is 2.04 bits per heavy atom. The number of nitrogens with one attached hydrogen (secondary N) is 1. The molecule has 9 heteroatoms. The first-order valence-corrected chi connectivity index (χ1v) is 11.6. The molecule has 1 aliphatic rings. The molecule has 1 saturated heterocycles. The van der Waals surface area contributed by atoms with E-state index in [2.05, 4.69) is 10.3 Å². The molecule has 140 valence electrons. The first-order valence-electron chi connectivity index (χ1n) is 8.44. The molecule has 1 fully saturated rings. The lowest BCUT2D eigenvalue weighted by atomic mass is 10.3. The maximum Gasteiger partial charge on any atom is 0.250 e. The molecule has 0 radical (unpaired) electrons. The second-order valence-electron chi connectivity index (χ2n) is 6.14. The van der Waals surface area contributed by atoms with Crippen LogP contribution in [0.1, 0.15) is 18.4 Å². The molecule has 0 unspecified atom stereocenters. The van der Waals surface area contributed by atoms with E-state index < -0.39 is 10.0 Å². The van der Waals surface area contributed by atoms with Gasteiger partial charge in [-0.25, -0.2) is 13.4 Å². The van der Waals surface area contributed by atoms with E-state index >= 15 is 0 Å². The van der Waals surface area contributed by atoms with Crippen molar-refractivity contribution in [2.45, 2.75) is 17.7 Å². The van der Waals surface area contributed by atoms with E-state index in [9.17, 15) is 13.2 Å². The Kier molecular flexibility index (Phi) is 5.09. The van der Waals surface area contributed by atoms with E-state index in [1.165, 1.54) is 21.7 Å². The Morgan fingerprint density at radius 3 is 2.78 bits per heavy atom. The van der Waals surface area contributed by atoms with E-state index in [1.54, 1.807) is 35.6 Å². The van der Waals surface area contributed by atoms with Gasteiger partial charge in [0.2, 0.25) is 15.9 Å². The number of rotatable bonds is 5. The van der Waals surface area contributed by atoms with Crippen molar-refractivity contribution in [1.29, 1.82) is 0 Å². The maximum atomic E-state index is 12.7. The predicted molar refractivity (Wildman–Crippen MR) is 110 cm³/mol. The highest BCUT2D eigenvalue weighted by Gasteiger charge is 2.27. The molecule has 1 aromatic carbocycles. The number of anilines is 1. The fourth-order valence-electron chi connectivity index (χ4n) is 2.89. The number of nitrogens with zero attached hydrogens (tertiary/aromatic N) is 2. The van der Waals surface area contributed by atoms with Gasteiger partial charge in [0.1, 0.15) is 0 Å². The number of amides is 1. The van der Waals surface area contributed by atoms with Gasteiger partial charge in [0.15, 0.2) is 5.13 Å². The summed E-state index contributed by atoms with van der Waals surface area (Å²) in [6, 6.07) is 6.83. The number of hydrogen-bond donors (Lipinski definition) is 1. The molecule has 1 N–H and O–H groups in total. The third-order valence-electron chi connectivity index (χ3n) is 4.26. The molecule has 0 aliphatic carbocycles. The van der Waals surface area contributed by atoms with Crippen LogP contribution in [-0.4, -0.2) is 36.7 Å². The molecule has 27 heavy (non-hydrogen) atoms.